The van der Waals surface area contributed by atoms with Crippen molar-refractivity contribution in [3.05, 3.63) is 33.7 Å². The number of thioether (sulfide) groups is 1. The van der Waals surface area contributed by atoms with Crippen molar-refractivity contribution in [1.82, 2.24) is 5.32 Å². The van der Waals surface area contributed by atoms with Crippen LogP contribution in [0, 0.1) is 5.92 Å². The molecule has 1 heterocycles. The maximum atomic E-state index is 12.0. The van der Waals surface area contributed by atoms with Crippen molar-refractivity contribution >= 4 is 41.3 Å². The van der Waals surface area contributed by atoms with Crippen LogP contribution in [0.25, 0.3) is 6.08 Å². The number of hydrogen-bond acceptors (Lipinski definition) is 5. The lowest BCUT2D eigenvalue weighted by molar-refractivity contribution is -0.134. The van der Waals surface area contributed by atoms with Crippen LogP contribution in [-0.2, 0) is 9.59 Å². The van der Waals surface area contributed by atoms with Gasteiger partial charge in [0.05, 0.1) is 9.93 Å². The number of esters is 1. The Labute approximate surface area is 162 Å². The molecular formula is C19H22ClNO4S. The number of nitrogens with one attached hydrogen (secondary N) is 1. The van der Waals surface area contributed by atoms with Crippen LogP contribution in [0.1, 0.15) is 50.5 Å². The highest BCUT2D eigenvalue weighted by Gasteiger charge is 2.25. The van der Waals surface area contributed by atoms with Crippen LogP contribution in [-0.4, -0.2) is 22.5 Å². The van der Waals surface area contributed by atoms with Gasteiger partial charge in [0, 0.05) is 12.5 Å². The summed E-state index contributed by atoms with van der Waals surface area (Å²) < 4.78 is 5.38. The number of aliphatic hydroxyl groups is 1. The summed E-state index contributed by atoms with van der Waals surface area (Å²) >= 11 is 7.26. The SMILES string of the molecule is O=C(CCC1CCCCC1)Oc1ccc(/C=C2\SC(O)NC2=O)c(Cl)c1. The summed E-state index contributed by atoms with van der Waals surface area (Å²) in [6, 6.07) is 4.92. The molecule has 1 aromatic rings. The van der Waals surface area contributed by atoms with E-state index in [0.717, 1.165) is 18.2 Å². The zero-order valence-corrected chi connectivity index (χ0v) is 15.9. The average Bonchev–Trinajstić information content (AvgIpc) is 2.93. The highest BCUT2D eigenvalue weighted by atomic mass is 35.5. The van der Waals surface area contributed by atoms with Gasteiger partial charge in [-0.25, -0.2) is 0 Å². The molecule has 3 rings (SSSR count). The first-order valence-corrected chi connectivity index (χ1v) is 10.1. The molecule has 0 aromatic heterocycles. The summed E-state index contributed by atoms with van der Waals surface area (Å²) in [5.41, 5.74) is -0.308. The standard InChI is InChI=1S/C19H22ClNO4S/c20-15-11-14(25-17(22)9-6-12-4-2-1-3-5-12)8-7-13(15)10-16-18(23)21-19(24)26-16/h7-8,10-12,19,24H,1-6,9H2,(H,21,23)/b16-10-. The van der Waals surface area contributed by atoms with Gasteiger partial charge in [-0.2, -0.15) is 0 Å². The summed E-state index contributed by atoms with van der Waals surface area (Å²) in [6.45, 7) is 0. The van der Waals surface area contributed by atoms with Gasteiger partial charge in [0.25, 0.3) is 5.91 Å². The Morgan fingerprint density at radius 3 is 2.77 bits per heavy atom. The lowest BCUT2D eigenvalue weighted by atomic mass is 9.86. The maximum absolute atomic E-state index is 12.0. The molecule has 1 aromatic carbocycles. The summed E-state index contributed by atoms with van der Waals surface area (Å²) in [4.78, 5) is 24.1. The average molecular weight is 396 g/mol. The first-order chi connectivity index (χ1) is 12.5. The molecule has 5 nitrogen and oxygen atoms in total. The lowest BCUT2D eigenvalue weighted by Gasteiger charge is -2.20. The third kappa shape index (κ3) is 5.25. The van der Waals surface area contributed by atoms with Gasteiger partial charge < -0.3 is 15.2 Å². The minimum absolute atomic E-state index is 0.244. The largest absolute Gasteiger partial charge is 0.426 e. The highest BCUT2D eigenvalue weighted by Crippen LogP contribution is 2.31. The Morgan fingerprint density at radius 2 is 2.12 bits per heavy atom. The number of aliphatic hydroxyl groups excluding tert-OH is 1. The summed E-state index contributed by atoms with van der Waals surface area (Å²) in [6.07, 6.45) is 9.16. The zero-order chi connectivity index (χ0) is 18.5. The Bertz CT molecular complexity index is 715. The topological polar surface area (TPSA) is 75.6 Å². The van der Waals surface area contributed by atoms with E-state index in [1.165, 1.54) is 32.1 Å². The summed E-state index contributed by atoms with van der Waals surface area (Å²) in [5.74, 6) is 0.456. The molecule has 1 aliphatic carbocycles. The fraction of sp³-hybridized carbons (Fsp3) is 0.474. The van der Waals surface area contributed by atoms with Gasteiger partial charge in [-0.1, -0.05) is 55.5 Å². The number of carbonyl (C=O) groups is 2. The van der Waals surface area contributed by atoms with E-state index >= 15 is 0 Å². The number of ether oxygens (including phenoxy) is 1. The molecule has 2 fully saturated rings. The Hall–Kier alpha value is -1.50. The fourth-order valence-corrected chi connectivity index (χ4v) is 4.29. The van der Waals surface area contributed by atoms with Crippen LogP contribution >= 0.6 is 23.4 Å². The van der Waals surface area contributed by atoms with Crippen molar-refractivity contribution in [3.63, 3.8) is 0 Å². The molecule has 2 aliphatic rings. The van der Waals surface area contributed by atoms with Crippen LogP contribution in [0.2, 0.25) is 5.02 Å². The molecule has 140 valence electrons. The van der Waals surface area contributed by atoms with Crippen molar-refractivity contribution in [1.29, 1.82) is 0 Å². The van der Waals surface area contributed by atoms with Crippen molar-refractivity contribution in [3.8, 4) is 5.75 Å². The van der Waals surface area contributed by atoms with Gasteiger partial charge in [0.2, 0.25) is 0 Å². The van der Waals surface area contributed by atoms with Crippen LogP contribution in [0.15, 0.2) is 23.1 Å². The molecule has 7 heteroatoms. The fourth-order valence-electron chi connectivity index (χ4n) is 3.30. The van der Waals surface area contributed by atoms with E-state index in [0.29, 0.717) is 33.6 Å². The summed E-state index contributed by atoms with van der Waals surface area (Å²) in [5, 5.41) is 12.2. The predicted octanol–water partition coefficient (Wildman–Crippen LogP) is 4.09. The quantitative estimate of drug-likeness (QED) is 0.446. The van der Waals surface area contributed by atoms with E-state index < -0.39 is 5.56 Å². The molecule has 1 aliphatic heterocycles. The molecule has 1 amide bonds. The number of benzene rings is 1. The van der Waals surface area contributed by atoms with E-state index in [1.807, 2.05) is 0 Å². The van der Waals surface area contributed by atoms with E-state index in [-0.39, 0.29) is 11.9 Å². The van der Waals surface area contributed by atoms with E-state index in [1.54, 1.807) is 24.3 Å². The molecule has 26 heavy (non-hydrogen) atoms. The van der Waals surface area contributed by atoms with Crippen LogP contribution in [0.5, 0.6) is 5.75 Å². The number of rotatable bonds is 5. The van der Waals surface area contributed by atoms with E-state index in [4.69, 9.17) is 16.3 Å². The lowest BCUT2D eigenvalue weighted by Crippen LogP contribution is -2.23. The van der Waals surface area contributed by atoms with Gasteiger partial charge in [-0.15, -0.1) is 0 Å². The molecule has 1 saturated heterocycles. The number of amides is 1. The number of halogens is 1. The van der Waals surface area contributed by atoms with Crippen molar-refractivity contribution in [2.75, 3.05) is 0 Å². The molecule has 1 atom stereocenters. The van der Waals surface area contributed by atoms with Gasteiger partial charge in [-0.05, 0) is 36.1 Å². The van der Waals surface area contributed by atoms with Crippen LogP contribution in [0.3, 0.4) is 0 Å². The van der Waals surface area contributed by atoms with Crippen molar-refractivity contribution in [2.45, 2.75) is 50.5 Å². The van der Waals surface area contributed by atoms with Crippen molar-refractivity contribution in [2.24, 2.45) is 5.92 Å². The van der Waals surface area contributed by atoms with E-state index in [9.17, 15) is 14.7 Å². The molecule has 0 radical (unpaired) electrons. The molecule has 0 spiro atoms. The third-order valence-corrected chi connectivity index (χ3v) is 5.91. The Morgan fingerprint density at radius 1 is 1.35 bits per heavy atom. The Balaban J connectivity index is 1.56. The number of carbonyl (C=O) groups excluding carboxylic acids is 2. The van der Waals surface area contributed by atoms with Gasteiger partial charge in [0.1, 0.15) is 5.75 Å². The monoisotopic (exact) mass is 395 g/mol. The van der Waals surface area contributed by atoms with Crippen molar-refractivity contribution < 1.29 is 19.4 Å². The second kappa shape index (κ2) is 8.93. The van der Waals surface area contributed by atoms with Crippen LogP contribution < -0.4 is 10.1 Å². The van der Waals surface area contributed by atoms with Gasteiger partial charge >= 0.3 is 5.97 Å². The third-order valence-electron chi connectivity index (χ3n) is 4.69. The molecule has 2 N–H and O–H groups in total. The van der Waals surface area contributed by atoms with Gasteiger partial charge in [-0.3, -0.25) is 9.59 Å². The molecule has 1 saturated carbocycles. The van der Waals surface area contributed by atoms with Crippen LogP contribution in [0.4, 0.5) is 0 Å². The minimum Gasteiger partial charge on any atom is -0.426 e. The first kappa shape index (κ1) is 19.3. The minimum atomic E-state index is -0.933. The molecule has 0 bridgehead atoms. The maximum Gasteiger partial charge on any atom is 0.311 e. The summed E-state index contributed by atoms with van der Waals surface area (Å²) in [7, 11) is 0. The molecular weight excluding hydrogens is 374 g/mol. The van der Waals surface area contributed by atoms with Gasteiger partial charge in [0.15, 0.2) is 5.56 Å². The second-order valence-electron chi connectivity index (χ2n) is 6.65. The smallest absolute Gasteiger partial charge is 0.311 e. The highest BCUT2D eigenvalue weighted by molar-refractivity contribution is 8.05. The normalized spacial score (nSPS) is 22.5. The second-order valence-corrected chi connectivity index (χ2v) is 8.18. The number of hydrogen-bond donors (Lipinski definition) is 2. The predicted molar refractivity (Wildman–Crippen MR) is 103 cm³/mol. The zero-order valence-electron chi connectivity index (χ0n) is 14.4. The first-order valence-electron chi connectivity index (χ1n) is 8.89. The Kier molecular flexibility index (Phi) is 6.62. The van der Waals surface area contributed by atoms with E-state index in [2.05, 4.69) is 5.32 Å². The molecule has 1 unspecified atom stereocenters.